The van der Waals surface area contributed by atoms with Gasteiger partial charge < -0.3 is 4.98 Å². The van der Waals surface area contributed by atoms with Gasteiger partial charge in [-0.1, -0.05) is 250 Å². The molecule has 0 aliphatic carbocycles. The number of hydrogen-bond acceptors (Lipinski definition) is 1. The van der Waals surface area contributed by atoms with E-state index in [2.05, 4.69) is 242 Å². The fourth-order valence-electron chi connectivity index (χ4n) is 9.03. The number of hydrogen-bond donors (Lipinski definition) is 0. The second-order valence-corrected chi connectivity index (χ2v) is 23.0. The first-order valence-corrected chi connectivity index (χ1v) is 25.2. The number of benzene rings is 9. The number of aromatic nitrogens is 1. The van der Waals surface area contributed by atoms with Gasteiger partial charge in [0.15, 0.2) is 16.1 Å². The van der Waals surface area contributed by atoms with Crippen molar-refractivity contribution in [3.05, 3.63) is 285 Å². The van der Waals surface area contributed by atoms with Crippen LogP contribution in [0.2, 0.25) is 0 Å². The summed E-state index contributed by atoms with van der Waals surface area (Å²) in [4.78, 5) is 4.22. The van der Waals surface area contributed by atoms with Crippen molar-refractivity contribution >= 4 is 57.6 Å². The van der Waals surface area contributed by atoms with Gasteiger partial charge in [0.2, 0.25) is 0 Å². The second kappa shape index (κ2) is 21.5. The largest absolute Gasteiger partial charge is 0.305 e. The first kappa shape index (κ1) is 45.2. The van der Waals surface area contributed by atoms with Gasteiger partial charge in [-0.05, 0) is 64.4 Å². The van der Waals surface area contributed by atoms with E-state index in [1.54, 1.807) is 6.20 Å². The Labute approximate surface area is 395 Å². The van der Waals surface area contributed by atoms with Gasteiger partial charge in [-0.25, -0.2) is 0 Å². The van der Waals surface area contributed by atoms with Crippen LogP contribution in [0.4, 0.5) is 0 Å². The molecule has 0 amide bonds. The number of pyridine rings is 1. The summed E-state index contributed by atoms with van der Waals surface area (Å²) in [6, 6.07) is 102. The average Bonchev–Trinajstić information content (AvgIpc) is 3.38. The van der Waals surface area contributed by atoms with E-state index in [1.807, 2.05) is 42.5 Å². The van der Waals surface area contributed by atoms with Crippen LogP contribution in [0.3, 0.4) is 0 Å². The summed E-state index contributed by atoms with van der Waals surface area (Å²) < 4.78 is 0. The Morgan fingerprint density at radius 2 is 0.562 bits per heavy atom. The predicted octanol–water partition coefficient (Wildman–Crippen LogP) is 9.29. The molecule has 1 nitrogen and oxygen atoms in total. The van der Waals surface area contributed by atoms with Gasteiger partial charge in [0, 0.05) is 26.3 Å². The summed E-state index contributed by atoms with van der Waals surface area (Å²) in [7, 11) is -5.13. The van der Waals surface area contributed by atoms with Gasteiger partial charge in [0.05, 0.1) is 0 Å². The van der Waals surface area contributed by atoms with E-state index in [9.17, 15) is 0 Å². The summed E-state index contributed by atoms with van der Waals surface area (Å²) >= 11 is 0. The third-order valence-corrected chi connectivity index (χ3v) is 21.5. The predicted molar refractivity (Wildman–Crippen MR) is 274 cm³/mol. The van der Waals surface area contributed by atoms with Crippen LogP contribution in [-0.2, 0) is 20.1 Å². The Balaban J connectivity index is 0.000000378. The molecule has 1 aromatic heterocycles. The maximum absolute atomic E-state index is 4.22. The molecule has 0 fully saturated rings. The molecule has 313 valence electrons. The Hall–Kier alpha value is -6.79. The van der Waals surface area contributed by atoms with Crippen LogP contribution in [-0.4, -0.2) is 21.1 Å². The van der Waals surface area contributed by atoms with Crippen molar-refractivity contribution in [1.82, 2.24) is 4.98 Å². The van der Waals surface area contributed by atoms with E-state index in [4.69, 9.17) is 0 Å². The van der Waals surface area contributed by atoms with Crippen molar-refractivity contribution in [3.63, 3.8) is 0 Å². The second-order valence-electron chi connectivity index (χ2n) is 15.3. The minimum absolute atomic E-state index is 0. The third kappa shape index (κ3) is 9.14. The molecule has 0 saturated carbocycles. The fourth-order valence-corrected chi connectivity index (χ4v) is 18.5. The van der Waals surface area contributed by atoms with Crippen molar-refractivity contribution in [2.24, 2.45) is 0 Å². The van der Waals surface area contributed by atoms with Crippen molar-refractivity contribution < 1.29 is 20.1 Å². The van der Waals surface area contributed by atoms with E-state index in [0.717, 1.165) is 11.3 Å². The molecule has 4 heteroatoms. The zero-order valence-electron chi connectivity index (χ0n) is 34.8. The maximum atomic E-state index is 4.22. The molecule has 0 bridgehead atoms. The van der Waals surface area contributed by atoms with Crippen LogP contribution in [0, 0.1) is 6.07 Å². The SMILES string of the molecule is C.[Ir].[c-]1ccccc1-c1ccccn1.c1ccc([Si](c2ccccc2)(c2ccccc2)c2ccc(-c3ccc([Si](c4ccccc4)(c4ccccc4)c4ccccc4)cc3)cc2)cc1. The van der Waals surface area contributed by atoms with Gasteiger partial charge in [-0.15, -0.1) is 35.9 Å². The molecule has 0 saturated heterocycles. The van der Waals surface area contributed by atoms with Crippen LogP contribution in [0.15, 0.2) is 279 Å². The maximum Gasteiger partial charge on any atom is 0.179 e. The molecule has 10 rings (SSSR count). The summed E-state index contributed by atoms with van der Waals surface area (Å²) in [5.74, 6) is 0. The Morgan fingerprint density at radius 1 is 0.281 bits per heavy atom. The quantitative estimate of drug-likeness (QED) is 0.0757. The molecule has 1 radical (unpaired) electrons. The van der Waals surface area contributed by atoms with Crippen molar-refractivity contribution in [1.29, 1.82) is 0 Å². The normalized spacial score (nSPS) is 10.9. The minimum atomic E-state index is -2.56. The molecule has 9 aromatic carbocycles. The van der Waals surface area contributed by atoms with Crippen LogP contribution < -0.4 is 41.5 Å². The average molecular weight is 1030 g/mol. The van der Waals surface area contributed by atoms with Crippen LogP contribution in [0.25, 0.3) is 22.4 Å². The van der Waals surface area contributed by atoms with Crippen LogP contribution in [0.5, 0.6) is 0 Å². The molecule has 0 aliphatic heterocycles. The monoisotopic (exact) mass is 1030 g/mol. The van der Waals surface area contributed by atoms with Crippen LogP contribution >= 0.6 is 0 Å². The van der Waals surface area contributed by atoms with Gasteiger partial charge in [0.25, 0.3) is 0 Å². The molecule has 1 heterocycles. The Kier molecular flexibility index (Phi) is 15.2. The Bertz CT molecular complexity index is 2490. The van der Waals surface area contributed by atoms with E-state index in [-0.39, 0.29) is 27.5 Å². The molecule has 64 heavy (non-hydrogen) atoms. The van der Waals surface area contributed by atoms with Gasteiger partial charge >= 0.3 is 0 Å². The van der Waals surface area contributed by atoms with Gasteiger partial charge in [-0.3, -0.25) is 0 Å². The molecule has 10 aromatic rings. The first-order valence-electron chi connectivity index (χ1n) is 21.2. The standard InChI is InChI=1S/C48H38Si2.C11H8N.CH4.Ir/c1-7-19-41(20-8-1)49(42-21-9-2-10-22-42,43-23-11-3-12-24-43)47-35-31-39(32-36-47)40-33-37-48(38-34-40)50(44-25-13-4-14-26-44,45-27-15-5-16-28-45)46-29-17-6-18-30-46;1-2-6-10(7-3-1)11-8-4-5-9-12-11;;/h1-38H;1-6,8-9H;1H4;/q;-1;;. The zero-order chi connectivity index (χ0) is 41.9. The van der Waals surface area contributed by atoms with E-state index in [0.29, 0.717) is 0 Å². The molecule has 0 aliphatic rings. The molecule has 0 atom stereocenters. The summed E-state index contributed by atoms with van der Waals surface area (Å²) in [6.45, 7) is 0. The van der Waals surface area contributed by atoms with Gasteiger partial charge in [-0.2, -0.15) is 0 Å². The van der Waals surface area contributed by atoms with Crippen LogP contribution in [0.1, 0.15) is 7.43 Å². The Morgan fingerprint density at radius 3 is 0.828 bits per heavy atom. The van der Waals surface area contributed by atoms with E-state index >= 15 is 0 Å². The molecule has 0 spiro atoms. The molecule has 0 unspecified atom stereocenters. The molecular formula is C60H50IrNSi2-. The zero-order valence-corrected chi connectivity index (χ0v) is 39.2. The van der Waals surface area contributed by atoms with Gasteiger partial charge in [0.1, 0.15) is 0 Å². The third-order valence-electron chi connectivity index (χ3n) is 11.9. The fraction of sp³-hybridized carbons (Fsp3) is 0.0167. The van der Waals surface area contributed by atoms with Crippen molar-refractivity contribution in [2.45, 2.75) is 7.43 Å². The summed E-state index contributed by atoms with van der Waals surface area (Å²) in [5, 5.41) is 11.1. The minimum Gasteiger partial charge on any atom is -0.305 e. The number of rotatable bonds is 10. The van der Waals surface area contributed by atoms with Crippen molar-refractivity contribution in [3.8, 4) is 22.4 Å². The smallest absolute Gasteiger partial charge is 0.179 e. The molecule has 0 N–H and O–H groups in total. The van der Waals surface area contributed by atoms with Crippen molar-refractivity contribution in [2.75, 3.05) is 0 Å². The molecular weight excluding hydrogens is 983 g/mol. The van der Waals surface area contributed by atoms with E-state index in [1.165, 1.54) is 52.6 Å². The number of nitrogens with zero attached hydrogens (tertiary/aromatic N) is 1. The first-order chi connectivity index (χ1) is 30.8. The summed E-state index contributed by atoms with van der Waals surface area (Å²) in [6.07, 6.45) is 1.79. The van der Waals surface area contributed by atoms with E-state index < -0.39 is 16.1 Å². The topological polar surface area (TPSA) is 12.9 Å². The summed E-state index contributed by atoms with van der Waals surface area (Å²) in [5.41, 5.74) is 4.46.